The van der Waals surface area contributed by atoms with Crippen molar-refractivity contribution in [3.05, 3.63) is 0 Å². The number of nitrogens with two attached hydrogens (primary N) is 1. The van der Waals surface area contributed by atoms with Gasteiger partial charge in [-0.3, -0.25) is 5.41 Å². The normalized spacial score (nSPS) is 12.7. The Hall–Kier alpha value is -0.570. The van der Waals surface area contributed by atoms with Crippen molar-refractivity contribution in [1.82, 2.24) is 0 Å². The SMILES string of the molecule is CCCCCCCOC(CC)CC(=N)N. The molecule has 0 fully saturated rings. The van der Waals surface area contributed by atoms with Crippen LogP contribution in [0.5, 0.6) is 0 Å². The van der Waals surface area contributed by atoms with Gasteiger partial charge in [0.25, 0.3) is 0 Å². The van der Waals surface area contributed by atoms with Gasteiger partial charge < -0.3 is 10.5 Å². The van der Waals surface area contributed by atoms with E-state index in [1.807, 2.05) is 0 Å². The molecule has 0 heterocycles. The summed E-state index contributed by atoms with van der Waals surface area (Å²) < 4.78 is 5.66. The standard InChI is InChI=1S/C12H26N2O/c1-3-5-6-7-8-9-15-11(4-2)10-12(13)14/h11H,3-10H2,1-2H3,(H3,13,14). The van der Waals surface area contributed by atoms with Crippen LogP contribution in [0.3, 0.4) is 0 Å². The first-order chi connectivity index (χ1) is 7.20. The van der Waals surface area contributed by atoms with Gasteiger partial charge in [-0.25, -0.2) is 0 Å². The Morgan fingerprint density at radius 1 is 1.20 bits per heavy atom. The van der Waals surface area contributed by atoms with Crippen molar-refractivity contribution in [3.8, 4) is 0 Å². The summed E-state index contributed by atoms with van der Waals surface area (Å²) in [5.41, 5.74) is 5.34. The smallest absolute Gasteiger partial charge is 0.0931 e. The van der Waals surface area contributed by atoms with Crippen molar-refractivity contribution in [2.75, 3.05) is 6.61 Å². The molecule has 0 saturated heterocycles. The maximum absolute atomic E-state index is 7.20. The third kappa shape index (κ3) is 9.73. The van der Waals surface area contributed by atoms with Crippen LogP contribution in [-0.4, -0.2) is 18.5 Å². The summed E-state index contributed by atoms with van der Waals surface area (Å²) in [4.78, 5) is 0. The number of hydrogen-bond donors (Lipinski definition) is 2. The average Bonchev–Trinajstić information content (AvgIpc) is 2.20. The molecule has 0 aromatic rings. The molecule has 0 aromatic heterocycles. The summed E-state index contributed by atoms with van der Waals surface area (Å²) in [6.45, 7) is 5.11. The Labute approximate surface area is 93.9 Å². The predicted octanol–water partition coefficient (Wildman–Crippen LogP) is 3.08. The number of amidine groups is 1. The first-order valence-corrected chi connectivity index (χ1v) is 6.15. The molecule has 3 heteroatoms. The Morgan fingerprint density at radius 2 is 1.87 bits per heavy atom. The van der Waals surface area contributed by atoms with Crippen LogP contribution in [0.4, 0.5) is 0 Å². The lowest BCUT2D eigenvalue weighted by Crippen LogP contribution is -2.22. The fourth-order valence-electron chi connectivity index (χ4n) is 1.52. The summed E-state index contributed by atoms with van der Waals surface area (Å²) in [6, 6.07) is 0. The van der Waals surface area contributed by atoms with E-state index >= 15 is 0 Å². The van der Waals surface area contributed by atoms with Crippen molar-refractivity contribution >= 4 is 5.84 Å². The highest BCUT2D eigenvalue weighted by molar-refractivity contribution is 5.77. The van der Waals surface area contributed by atoms with Crippen LogP contribution in [0, 0.1) is 5.41 Å². The highest BCUT2D eigenvalue weighted by Gasteiger charge is 2.07. The van der Waals surface area contributed by atoms with Gasteiger partial charge in [0.1, 0.15) is 0 Å². The van der Waals surface area contributed by atoms with E-state index in [0.29, 0.717) is 6.42 Å². The largest absolute Gasteiger partial charge is 0.388 e. The molecule has 0 aliphatic rings. The second-order valence-electron chi connectivity index (χ2n) is 4.04. The van der Waals surface area contributed by atoms with E-state index in [9.17, 15) is 0 Å². The van der Waals surface area contributed by atoms with Crippen molar-refractivity contribution in [1.29, 1.82) is 5.41 Å². The van der Waals surface area contributed by atoms with E-state index < -0.39 is 0 Å². The van der Waals surface area contributed by atoms with Crippen molar-refractivity contribution in [2.24, 2.45) is 5.73 Å². The van der Waals surface area contributed by atoms with Crippen LogP contribution in [0.25, 0.3) is 0 Å². The minimum absolute atomic E-state index is 0.147. The van der Waals surface area contributed by atoms with Crippen LogP contribution in [0.1, 0.15) is 58.8 Å². The molecule has 0 bridgehead atoms. The zero-order chi connectivity index (χ0) is 11.5. The van der Waals surface area contributed by atoms with Gasteiger partial charge in [-0.15, -0.1) is 0 Å². The maximum Gasteiger partial charge on any atom is 0.0931 e. The third-order valence-corrected chi connectivity index (χ3v) is 2.50. The van der Waals surface area contributed by atoms with E-state index in [0.717, 1.165) is 19.4 Å². The molecule has 1 unspecified atom stereocenters. The summed E-state index contributed by atoms with van der Waals surface area (Å²) in [5, 5.41) is 7.20. The van der Waals surface area contributed by atoms with Crippen molar-refractivity contribution < 1.29 is 4.74 Å². The average molecular weight is 214 g/mol. The molecule has 0 aliphatic heterocycles. The monoisotopic (exact) mass is 214 g/mol. The van der Waals surface area contributed by atoms with Gasteiger partial charge >= 0.3 is 0 Å². The van der Waals surface area contributed by atoms with Gasteiger partial charge in [0.15, 0.2) is 0 Å². The third-order valence-electron chi connectivity index (χ3n) is 2.50. The van der Waals surface area contributed by atoms with E-state index in [1.165, 1.54) is 25.7 Å². The Balaban J connectivity index is 3.34. The Morgan fingerprint density at radius 3 is 2.40 bits per heavy atom. The van der Waals surface area contributed by atoms with Crippen LogP contribution >= 0.6 is 0 Å². The summed E-state index contributed by atoms with van der Waals surface area (Å²) in [5.74, 6) is 0.229. The number of rotatable bonds is 10. The zero-order valence-electron chi connectivity index (χ0n) is 10.2. The summed E-state index contributed by atoms with van der Waals surface area (Å²) >= 11 is 0. The molecule has 0 amide bonds. The fourth-order valence-corrected chi connectivity index (χ4v) is 1.52. The van der Waals surface area contributed by atoms with Crippen LogP contribution in [0.2, 0.25) is 0 Å². The van der Waals surface area contributed by atoms with E-state index in [-0.39, 0.29) is 11.9 Å². The second kappa shape index (κ2) is 9.97. The first kappa shape index (κ1) is 14.4. The van der Waals surface area contributed by atoms with Crippen LogP contribution in [-0.2, 0) is 4.74 Å². The van der Waals surface area contributed by atoms with Gasteiger partial charge in [-0.05, 0) is 12.8 Å². The molecule has 15 heavy (non-hydrogen) atoms. The molecule has 3 nitrogen and oxygen atoms in total. The van der Waals surface area contributed by atoms with Crippen LogP contribution in [0.15, 0.2) is 0 Å². The molecule has 0 aliphatic carbocycles. The van der Waals surface area contributed by atoms with Gasteiger partial charge in [0.2, 0.25) is 0 Å². The molecule has 3 N–H and O–H groups in total. The molecule has 0 radical (unpaired) electrons. The van der Waals surface area contributed by atoms with E-state index in [2.05, 4.69) is 13.8 Å². The topological polar surface area (TPSA) is 59.1 Å². The predicted molar refractivity (Wildman–Crippen MR) is 65.3 cm³/mol. The Kier molecular flexibility index (Phi) is 9.59. The van der Waals surface area contributed by atoms with E-state index in [4.69, 9.17) is 15.9 Å². The molecular weight excluding hydrogens is 188 g/mol. The molecule has 0 spiro atoms. The minimum atomic E-state index is 0.147. The van der Waals surface area contributed by atoms with Crippen molar-refractivity contribution in [3.63, 3.8) is 0 Å². The second-order valence-corrected chi connectivity index (χ2v) is 4.04. The lowest BCUT2D eigenvalue weighted by molar-refractivity contribution is 0.0527. The molecule has 0 rings (SSSR count). The number of ether oxygens (including phenoxy) is 1. The molecule has 0 saturated carbocycles. The van der Waals surface area contributed by atoms with Gasteiger partial charge in [0.05, 0.1) is 11.9 Å². The van der Waals surface area contributed by atoms with E-state index in [1.54, 1.807) is 0 Å². The highest BCUT2D eigenvalue weighted by Crippen LogP contribution is 2.07. The number of hydrogen-bond acceptors (Lipinski definition) is 2. The molecule has 90 valence electrons. The summed E-state index contributed by atoms with van der Waals surface area (Å²) in [6.07, 6.45) is 7.96. The Bertz CT molecular complexity index is 160. The van der Waals surface area contributed by atoms with Crippen molar-refractivity contribution in [2.45, 2.75) is 64.9 Å². The number of unbranched alkanes of at least 4 members (excludes halogenated alkanes) is 4. The van der Waals surface area contributed by atoms with Gasteiger partial charge in [-0.2, -0.15) is 0 Å². The van der Waals surface area contributed by atoms with Gasteiger partial charge in [0, 0.05) is 13.0 Å². The summed E-state index contributed by atoms with van der Waals surface area (Å²) in [7, 11) is 0. The molecular formula is C12H26N2O. The quantitative estimate of drug-likeness (QED) is 0.333. The fraction of sp³-hybridized carbons (Fsp3) is 0.917. The minimum Gasteiger partial charge on any atom is -0.388 e. The number of nitrogens with one attached hydrogen (secondary N) is 1. The maximum atomic E-state index is 7.20. The highest BCUT2D eigenvalue weighted by atomic mass is 16.5. The lowest BCUT2D eigenvalue weighted by Gasteiger charge is -2.15. The first-order valence-electron chi connectivity index (χ1n) is 6.15. The lowest BCUT2D eigenvalue weighted by atomic mass is 10.1. The van der Waals surface area contributed by atoms with Gasteiger partial charge in [-0.1, -0.05) is 39.5 Å². The zero-order valence-corrected chi connectivity index (χ0v) is 10.2. The molecule has 0 aromatic carbocycles. The van der Waals surface area contributed by atoms with Crippen LogP contribution < -0.4 is 5.73 Å². The molecule has 1 atom stereocenters.